The second-order valence-electron chi connectivity index (χ2n) is 6.07. The number of aromatic amines is 1. The van der Waals surface area contributed by atoms with Crippen LogP contribution in [0, 0.1) is 5.92 Å². The van der Waals surface area contributed by atoms with Gasteiger partial charge in [0.15, 0.2) is 0 Å². The van der Waals surface area contributed by atoms with Gasteiger partial charge in [0.1, 0.15) is 0 Å². The highest BCUT2D eigenvalue weighted by atomic mass is 16.3. The van der Waals surface area contributed by atoms with Crippen molar-refractivity contribution in [2.24, 2.45) is 5.92 Å². The van der Waals surface area contributed by atoms with E-state index in [9.17, 15) is 5.11 Å². The van der Waals surface area contributed by atoms with Crippen LogP contribution in [0.1, 0.15) is 37.9 Å². The van der Waals surface area contributed by atoms with Crippen molar-refractivity contribution in [1.82, 2.24) is 15.1 Å². The van der Waals surface area contributed by atoms with Crippen molar-refractivity contribution in [2.75, 3.05) is 19.6 Å². The highest BCUT2D eigenvalue weighted by Gasteiger charge is 2.17. The Morgan fingerprint density at radius 2 is 2.40 bits per heavy atom. The number of hydrogen-bond acceptors (Lipinski definition) is 3. The van der Waals surface area contributed by atoms with Gasteiger partial charge < -0.3 is 10.0 Å². The SMILES string of the molecule is CC1CCCN(CCC(O)c2ccc3[nH]ncc3c2)C1. The van der Waals surface area contributed by atoms with Gasteiger partial charge in [0.25, 0.3) is 0 Å². The monoisotopic (exact) mass is 273 g/mol. The van der Waals surface area contributed by atoms with Crippen LogP contribution in [0.3, 0.4) is 0 Å². The summed E-state index contributed by atoms with van der Waals surface area (Å²) in [5, 5.41) is 18.4. The zero-order valence-electron chi connectivity index (χ0n) is 12.0. The van der Waals surface area contributed by atoms with E-state index < -0.39 is 0 Å². The standard InChI is InChI=1S/C16H23N3O/c1-12-3-2-7-19(11-12)8-6-16(20)13-4-5-15-14(9-13)10-17-18-15/h4-5,9-10,12,16,20H,2-3,6-8,11H2,1H3,(H,17,18). The molecule has 20 heavy (non-hydrogen) atoms. The van der Waals surface area contributed by atoms with E-state index in [0.29, 0.717) is 0 Å². The molecule has 1 fully saturated rings. The maximum Gasteiger partial charge on any atom is 0.0802 e. The van der Waals surface area contributed by atoms with Crippen LogP contribution in [0.4, 0.5) is 0 Å². The van der Waals surface area contributed by atoms with Crippen LogP contribution >= 0.6 is 0 Å². The van der Waals surface area contributed by atoms with Gasteiger partial charge in [-0.2, -0.15) is 5.10 Å². The Balaban J connectivity index is 1.59. The number of fused-ring (bicyclic) bond motifs is 1. The number of benzene rings is 1. The van der Waals surface area contributed by atoms with E-state index in [1.54, 1.807) is 6.20 Å². The predicted octanol–water partition coefficient (Wildman–Crippen LogP) is 2.72. The quantitative estimate of drug-likeness (QED) is 0.900. The molecule has 0 spiro atoms. The maximum absolute atomic E-state index is 10.4. The van der Waals surface area contributed by atoms with Crippen LogP contribution < -0.4 is 0 Å². The van der Waals surface area contributed by atoms with Crippen molar-refractivity contribution >= 4 is 10.9 Å². The van der Waals surface area contributed by atoms with Gasteiger partial charge in [0.2, 0.25) is 0 Å². The van der Waals surface area contributed by atoms with Crippen LogP contribution in [0.5, 0.6) is 0 Å². The highest BCUT2D eigenvalue weighted by molar-refractivity contribution is 5.78. The van der Waals surface area contributed by atoms with E-state index in [4.69, 9.17) is 0 Å². The van der Waals surface area contributed by atoms with Gasteiger partial charge in [0.05, 0.1) is 17.8 Å². The molecular weight excluding hydrogens is 250 g/mol. The topological polar surface area (TPSA) is 52.1 Å². The van der Waals surface area contributed by atoms with Gasteiger partial charge in [-0.15, -0.1) is 0 Å². The van der Waals surface area contributed by atoms with E-state index >= 15 is 0 Å². The van der Waals surface area contributed by atoms with Crippen molar-refractivity contribution in [3.63, 3.8) is 0 Å². The van der Waals surface area contributed by atoms with Gasteiger partial charge in [-0.05, 0) is 49.4 Å². The molecule has 2 aromatic rings. The average Bonchev–Trinajstić information content (AvgIpc) is 2.92. The number of aliphatic hydroxyl groups is 1. The Kier molecular flexibility index (Phi) is 4.03. The summed E-state index contributed by atoms with van der Waals surface area (Å²) in [6.07, 6.45) is 4.86. The number of aromatic nitrogens is 2. The van der Waals surface area contributed by atoms with Crippen LogP contribution in [-0.4, -0.2) is 39.8 Å². The van der Waals surface area contributed by atoms with E-state index in [1.807, 2.05) is 18.2 Å². The van der Waals surface area contributed by atoms with Crippen LogP contribution in [-0.2, 0) is 0 Å². The molecule has 4 nitrogen and oxygen atoms in total. The number of piperidine rings is 1. The minimum absolute atomic E-state index is 0.383. The number of nitrogens with zero attached hydrogens (tertiary/aromatic N) is 2. The molecule has 108 valence electrons. The molecule has 2 unspecified atom stereocenters. The second-order valence-corrected chi connectivity index (χ2v) is 6.07. The zero-order chi connectivity index (χ0) is 13.9. The zero-order valence-corrected chi connectivity index (χ0v) is 12.0. The van der Waals surface area contributed by atoms with Gasteiger partial charge in [-0.1, -0.05) is 13.0 Å². The summed E-state index contributed by atoms with van der Waals surface area (Å²) in [5.74, 6) is 0.795. The van der Waals surface area contributed by atoms with Gasteiger partial charge in [-0.3, -0.25) is 5.10 Å². The van der Waals surface area contributed by atoms with Crippen molar-refractivity contribution in [3.8, 4) is 0 Å². The van der Waals surface area contributed by atoms with Crippen molar-refractivity contribution in [2.45, 2.75) is 32.3 Å². The molecule has 3 rings (SSSR count). The Labute approximate surface area is 119 Å². The molecule has 0 bridgehead atoms. The first kappa shape index (κ1) is 13.6. The third-order valence-corrected chi connectivity index (χ3v) is 4.31. The molecule has 1 aliphatic heterocycles. The van der Waals surface area contributed by atoms with Crippen molar-refractivity contribution in [3.05, 3.63) is 30.0 Å². The van der Waals surface area contributed by atoms with Gasteiger partial charge in [-0.25, -0.2) is 0 Å². The summed E-state index contributed by atoms with van der Waals surface area (Å²) < 4.78 is 0. The number of likely N-dealkylation sites (tertiary alicyclic amines) is 1. The normalized spacial score (nSPS) is 22.2. The largest absolute Gasteiger partial charge is 0.388 e. The molecule has 4 heteroatoms. The first-order chi connectivity index (χ1) is 9.72. The molecule has 0 amide bonds. The second kappa shape index (κ2) is 5.94. The molecule has 1 saturated heterocycles. The van der Waals surface area contributed by atoms with Crippen molar-refractivity contribution in [1.29, 1.82) is 0 Å². The lowest BCUT2D eigenvalue weighted by Crippen LogP contribution is -2.35. The smallest absolute Gasteiger partial charge is 0.0802 e. The van der Waals surface area contributed by atoms with Gasteiger partial charge in [0, 0.05) is 18.5 Å². The number of H-pyrrole nitrogens is 1. The first-order valence-electron chi connectivity index (χ1n) is 7.56. The Bertz CT molecular complexity index is 566. The molecule has 0 saturated carbocycles. The Hall–Kier alpha value is -1.39. The Morgan fingerprint density at radius 1 is 1.50 bits per heavy atom. The Morgan fingerprint density at radius 3 is 3.25 bits per heavy atom. The van der Waals surface area contributed by atoms with E-state index in [0.717, 1.165) is 35.3 Å². The lowest BCUT2D eigenvalue weighted by Gasteiger charge is -2.31. The third-order valence-electron chi connectivity index (χ3n) is 4.31. The summed E-state index contributed by atoms with van der Waals surface area (Å²) in [4.78, 5) is 2.48. The molecule has 1 aromatic heterocycles. The van der Waals surface area contributed by atoms with Crippen LogP contribution in [0.25, 0.3) is 10.9 Å². The minimum atomic E-state index is -0.383. The molecule has 0 aliphatic carbocycles. The maximum atomic E-state index is 10.4. The predicted molar refractivity (Wildman–Crippen MR) is 80.5 cm³/mol. The lowest BCUT2D eigenvalue weighted by molar-refractivity contribution is 0.122. The fourth-order valence-electron chi connectivity index (χ4n) is 3.13. The molecule has 0 radical (unpaired) electrons. The summed E-state index contributed by atoms with van der Waals surface area (Å²) in [6.45, 7) is 5.65. The number of rotatable bonds is 4. The molecular formula is C16H23N3O. The fraction of sp³-hybridized carbons (Fsp3) is 0.562. The highest BCUT2D eigenvalue weighted by Crippen LogP contribution is 2.23. The molecule has 1 aromatic carbocycles. The fourth-order valence-corrected chi connectivity index (χ4v) is 3.13. The first-order valence-corrected chi connectivity index (χ1v) is 7.56. The summed E-state index contributed by atoms with van der Waals surface area (Å²) in [7, 11) is 0. The van der Waals surface area contributed by atoms with Crippen molar-refractivity contribution < 1.29 is 5.11 Å². The summed E-state index contributed by atoms with van der Waals surface area (Å²) >= 11 is 0. The average molecular weight is 273 g/mol. The van der Waals surface area contributed by atoms with Crippen LogP contribution in [0.2, 0.25) is 0 Å². The molecule has 2 N–H and O–H groups in total. The minimum Gasteiger partial charge on any atom is -0.388 e. The lowest BCUT2D eigenvalue weighted by atomic mass is 9.99. The number of aliphatic hydroxyl groups excluding tert-OH is 1. The number of hydrogen-bond donors (Lipinski definition) is 2. The van der Waals surface area contributed by atoms with Crippen LogP contribution in [0.15, 0.2) is 24.4 Å². The third kappa shape index (κ3) is 3.02. The number of nitrogens with one attached hydrogen (secondary N) is 1. The summed E-state index contributed by atoms with van der Waals surface area (Å²) in [5.41, 5.74) is 2.01. The molecule has 2 heterocycles. The molecule has 1 aliphatic rings. The van der Waals surface area contributed by atoms with Gasteiger partial charge >= 0.3 is 0 Å². The molecule has 2 atom stereocenters. The van der Waals surface area contributed by atoms with E-state index in [1.165, 1.54) is 25.9 Å². The summed E-state index contributed by atoms with van der Waals surface area (Å²) in [6, 6.07) is 6.01. The van der Waals surface area contributed by atoms with E-state index in [2.05, 4.69) is 22.0 Å². The van der Waals surface area contributed by atoms with E-state index in [-0.39, 0.29) is 6.10 Å².